The fraction of sp³-hybridized carbons (Fsp3) is 0.600. The van der Waals surface area contributed by atoms with E-state index in [1.807, 2.05) is 13.0 Å². The van der Waals surface area contributed by atoms with Gasteiger partial charge in [-0.05, 0) is 45.7 Å². The molecule has 0 heterocycles. The molecule has 4 heteroatoms. The van der Waals surface area contributed by atoms with Gasteiger partial charge in [-0.25, -0.2) is 0 Å². The van der Waals surface area contributed by atoms with Crippen molar-refractivity contribution in [2.45, 2.75) is 53.0 Å². The Kier molecular flexibility index (Phi) is 8.00. The molecule has 0 aromatic heterocycles. The Morgan fingerprint density at radius 1 is 1.26 bits per heavy atom. The van der Waals surface area contributed by atoms with E-state index in [9.17, 15) is 10.1 Å². The van der Waals surface area contributed by atoms with Gasteiger partial charge in [0, 0.05) is 17.7 Å². The molecule has 0 atom stereocenters. The molecule has 19 heavy (non-hydrogen) atoms. The highest BCUT2D eigenvalue weighted by Gasteiger charge is 2.05. The first-order valence-corrected chi connectivity index (χ1v) is 6.78. The molecule has 0 aliphatic carbocycles. The van der Waals surface area contributed by atoms with Crippen molar-refractivity contribution in [3.63, 3.8) is 0 Å². The van der Waals surface area contributed by atoms with Crippen molar-refractivity contribution in [2.24, 2.45) is 0 Å². The zero-order valence-electron chi connectivity index (χ0n) is 12.7. The van der Waals surface area contributed by atoms with Crippen LogP contribution in [0, 0.1) is 10.1 Å². The number of rotatable bonds is 4. The summed E-state index contributed by atoms with van der Waals surface area (Å²) in [4.78, 5) is 9.90. The maximum absolute atomic E-state index is 10.3. The lowest BCUT2D eigenvalue weighted by molar-refractivity contribution is -0.384. The Bertz CT molecular complexity index is 384. The molecular formula is C15H26N2O2. The van der Waals surface area contributed by atoms with Crippen molar-refractivity contribution >= 4 is 5.69 Å². The summed E-state index contributed by atoms with van der Waals surface area (Å²) in [6.07, 6.45) is 2.05. The number of nitrogens with zero attached hydrogens (tertiary/aromatic N) is 1. The molecule has 0 amide bonds. The summed E-state index contributed by atoms with van der Waals surface area (Å²) in [6, 6.07) is 6.68. The second-order valence-corrected chi connectivity index (χ2v) is 5.46. The van der Waals surface area contributed by atoms with Gasteiger partial charge in [0.1, 0.15) is 0 Å². The number of nitrogens with one attached hydrogen (secondary N) is 1. The van der Waals surface area contributed by atoms with Gasteiger partial charge in [0.2, 0.25) is 0 Å². The first-order chi connectivity index (χ1) is 8.80. The molecule has 1 N–H and O–H groups in total. The molecule has 108 valence electrons. The van der Waals surface area contributed by atoms with E-state index >= 15 is 0 Å². The molecule has 4 nitrogen and oxygen atoms in total. The number of hydrogen-bond donors (Lipinski definition) is 1. The van der Waals surface area contributed by atoms with E-state index in [0.717, 1.165) is 18.5 Å². The van der Waals surface area contributed by atoms with E-state index in [0.29, 0.717) is 5.54 Å². The van der Waals surface area contributed by atoms with E-state index in [-0.39, 0.29) is 10.6 Å². The summed E-state index contributed by atoms with van der Waals surface area (Å²) < 4.78 is 0. The predicted octanol–water partition coefficient (Wildman–Crippen LogP) is 3.94. The largest absolute Gasteiger partial charge is 0.312 e. The van der Waals surface area contributed by atoms with Crippen LogP contribution in [0.3, 0.4) is 0 Å². The summed E-state index contributed by atoms with van der Waals surface area (Å²) in [5.74, 6) is 0. The van der Waals surface area contributed by atoms with Crippen LogP contribution in [0.25, 0.3) is 0 Å². The van der Waals surface area contributed by atoms with Gasteiger partial charge in [-0.3, -0.25) is 10.1 Å². The molecule has 0 bridgehead atoms. The summed E-state index contributed by atoms with van der Waals surface area (Å²) >= 11 is 0. The van der Waals surface area contributed by atoms with Gasteiger partial charge in [0.15, 0.2) is 0 Å². The van der Waals surface area contributed by atoms with Crippen LogP contribution in [-0.4, -0.2) is 17.0 Å². The topological polar surface area (TPSA) is 55.2 Å². The van der Waals surface area contributed by atoms with Crippen molar-refractivity contribution in [1.29, 1.82) is 0 Å². The molecule has 0 saturated heterocycles. The average Bonchev–Trinajstić information content (AvgIpc) is 2.36. The molecule has 1 rings (SSSR count). The van der Waals surface area contributed by atoms with Crippen molar-refractivity contribution in [2.75, 3.05) is 6.54 Å². The number of benzene rings is 1. The molecule has 0 saturated carbocycles. The van der Waals surface area contributed by atoms with Crippen molar-refractivity contribution < 1.29 is 4.92 Å². The first kappa shape index (κ1) is 17.6. The van der Waals surface area contributed by atoms with Crippen molar-refractivity contribution in [3.05, 3.63) is 39.9 Å². The van der Waals surface area contributed by atoms with Crippen LogP contribution in [0.1, 0.15) is 46.6 Å². The van der Waals surface area contributed by atoms with Gasteiger partial charge in [-0.15, -0.1) is 0 Å². The van der Waals surface area contributed by atoms with Gasteiger partial charge in [0.25, 0.3) is 5.69 Å². The predicted molar refractivity (Wildman–Crippen MR) is 80.5 cm³/mol. The molecule has 0 aliphatic rings. The number of non-ortho nitro benzene ring substituents is 1. The highest BCUT2D eigenvalue weighted by Crippen LogP contribution is 2.12. The highest BCUT2D eigenvalue weighted by molar-refractivity contribution is 5.34. The highest BCUT2D eigenvalue weighted by atomic mass is 16.6. The van der Waals surface area contributed by atoms with Crippen LogP contribution in [0.4, 0.5) is 5.69 Å². The average molecular weight is 266 g/mol. The third-order valence-electron chi connectivity index (χ3n) is 2.43. The Hall–Kier alpha value is -1.42. The normalized spacial score (nSPS) is 10.6. The molecule has 0 spiro atoms. The van der Waals surface area contributed by atoms with Crippen LogP contribution < -0.4 is 5.32 Å². The van der Waals surface area contributed by atoms with E-state index in [1.54, 1.807) is 12.1 Å². The van der Waals surface area contributed by atoms with E-state index in [2.05, 4.69) is 33.0 Å². The SMILES string of the molecule is CCCNC(C)(C)C.CCc1cccc([N+](=O)[O-])c1. The Morgan fingerprint density at radius 3 is 2.26 bits per heavy atom. The smallest absolute Gasteiger partial charge is 0.269 e. The lowest BCUT2D eigenvalue weighted by atomic mass is 10.1. The second-order valence-electron chi connectivity index (χ2n) is 5.46. The Balaban J connectivity index is 0.000000362. The van der Waals surface area contributed by atoms with Crippen LogP contribution in [0.15, 0.2) is 24.3 Å². The molecule has 0 radical (unpaired) electrons. The van der Waals surface area contributed by atoms with E-state index < -0.39 is 0 Å². The molecular weight excluding hydrogens is 240 g/mol. The number of nitro benzene ring substituents is 1. The number of nitro groups is 1. The monoisotopic (exact) mass is 266 g/mol. The number of hydrogen-bond acceptors (Lipinski definition) is 3. The van der Waals surface area contributed by atoms with Crippen LogP contribution in [-0.2, 0) is 6.42 Å². The van der Waals surface area contributed by atoms with Gasteiger partial charge >= 0.3 is 0 Å². The standard InChI is InChI=1S/C8H9NO2.C7H17N/c1-2-7-4-3-5-8(6-7)9(10)11;1-5-6-8-7(2,3)4/h3-6H,2H2,1H3;8H,5-6H2,1-4H3. The summed E-state index contributed by atoms with van der Waals surface area (Å²) in [6.45, 7) is 11.8. The molecule has 1 aromatic carbocycles. The third kappa shape index (κ3) is 9.19. The maximum atomic E-state index is 10.3. The molecule has 1 aromatic rings. The Morgan fingerprint density at radius 2 is 1.89 bits per heavy atom. The van der Waals surface area contributed by atoms with Gasteiger partial charge in [-0.1, -0.05) is 26.0 Å². The zero-order valence-corrected chi connectivity index (χ0v) is 12.7. The van der Waals surface area contributed by atoms with Gasteiger partial charge in [0.05, 0.1) is 4.92 Å². The Labute approximate surface area is 116 Å². The fourth-order valence-electron chi connectivity index (χ4n) is 1.39. The van der Waals surface area contributed by atoms with Crippen molar-refractivity contribution in [1.82, 2.24) is 5.32 Å². The molecule has 0 fully saturated rings. The van der Waals surface area contributed by atoms with Gasteiger partial charge < -0.3 is 5.32 Å². The molecule has 0 unspecified atom stereocenters. The zero-order chi connectivity index (χ0) is 14.9. The quantitative estimate of drug-likeness (QED) is 0.663. The number of aryl methyl sites for hydroxylation is 1. The van der Waals surface area contributed by atoms with Gasteiger partial charge in [-0.2, -0.15) is 0 Å². The minimum atomic E-state index is -0.376. The molecule has 0 aliphatic heterocycles. The fourth-order valence-corrected chi connectivity index (χ4v) is 1.39. The lowest BCUT2D eigenvalue weighted by Crippen LogP contribution is -2.36. The summed E-state index contributed by atoms with van der Waals surface area (Å²) in [5.41, 5.74) is 1.47. The maximum Gasteiger partial charge on any atom is 0.269 e. The van der Waals surface area contributed by atoms with Crippen LogP contribution in [0.5, 0.6) is 0 Å². The third-order valence-corrected chi connectivity index (χ3v) is 2.43. The van der Waals surface area contributed by atoms with Crippen LogP contribution >= 0.6 is 0 Å². The first-order valence-electron chi connectivity index (χ1n) is 6.78. The van der Waals surface area contributed by atoms with Crippen molar-refractivity contribution in [3.8, 4) is 0 Å². The summed E-state index contributed by atoms with van der Waals surface area (Å²) in [7, 11) is 0. The summed E-state index contributed by atoms with van der Waals surface area (Å²) in [5, 5.41) is 13.6. The second kappa shape index (κ2) is 8.64. The minimum absolute atomic E-state index is 0.171. The van der Waals surface area contributed by atoms with E-state index in [1.165, 1.54) is 12.5 Å². The lowest BCUT2D eigenvalue weighted by Gasteiger charge is -2.19. The van der Waals surface area contributed by atoms with E-state index in [4.69, 9.17) is 0 Å². The minimum Gasteiger partial charge on any atom is -0.312 e. The van der Waals surface area contributed by atoms with Crippen LogP contribution in [0.2, 0.25) is 0 Å².